The van der Waals surface area contributed by atoms with Gasteiger partial charge < -0.3 is 5.32 Å². The van der Waals surface area contributed by atoms with E-state index in [0.717, 1.165) is 31.8 Å². The maximum Gasteiger partial charge on any atom is 0.242 e. The number of amides is 1. The summed E-state index contributed by atoms with van der Waals surface area (Å²) in [6.45, 7) is 3.05. The molecule has 2 heterocycles. The topological polar surface area (TPSA) is 75.9 Å². The molecule has 1 aromatic heterocycles. The van der Waals surface area contributed by atoms with Crippen LogP contribution in [0.4, 0.5) is 0 Å². The molecular formula is C19H26N6O. The second-order valence-electron chi connectivity index (χ2n) is 7.30. The van der Waals surface area contributed by atoms with Crippen molar-refractivity contribution in [1.82, 2.24) is 30.4 Å². The first-order valence-electron chi connectivity index (χ1n) is 9.64. The standard InChI is InChI=1S/C19H26N6O/c26-19(20-17-10-9-15-7-3-4-8-16(15)17)14-25-18(21-22-23-25)13-24-11-5-1-2-6-12-24/h3-4,7-8,17H,1-2,5-6,9-14H2,(H,20,26). The fraction of sp³-hybridized carbons (Fsp3) is 0.579. The van der Waals surface area contributed by atoms with E-state index in [0.29, 0.717) is 6.54 Å². The van der Waals surface area contributed by atoms with Crippen molar-refractivity contribution < 1.29 is 4.79 Å². The third-order valence-corrected chi connectivity index (χ3v) is 5.43. The lowest BCUT2D eigenvalue weighted by Crippen LogP contribution is -2.32. The molecule has 1 aromatic carbocycles. The molecule has 2 aliphatic rings. The molecule has 0 spiro atoms. The van der Waals surface area contributed by atoms with Gasteiger partial charge in [0.15, 0.2) is 5.82 Å². The predicted molar refractivity (Wildman–Crippen MR) is 97.2 cm³/mol. The van der Waals surface area contributed by atoms with Gasteiger partial charge in [-0.2, -0.15) is 0 Å². The molecular weight excluding hydrogens is 328 g/mol. The lowest BCUT2D eigenvalue weighted by Gasteiger charge is -2.19. The number of benzene rings is 1. The van der Waals surface area contributed by atoms with Crippen molar-refractivity contribution in [2.75, 3.05) is 13.1 Å². The van der Waals surface area contributed by atoms with Crippen LogP contribution in [0, 0.1) is 0 Å². The first-order valence-corrected chi connectivity index (χ1v) is 9.64. The predicted octanol–water partition coefficient (Wildman–Crippen LogP) is 1.85. The van der Waals surface area contributed by atoms with Crippen LogP contribution in [0.2, 0.25) is 0 Å². The van der Waals surface area contributed by atoms with Crippen molar-refractivity contribution in [3.05, 3.63) is 41.2 Å². The zero-order chi connectivity index (χ0) is 17.8. The van der Waals surface area contributed by atoms with Gasteiger partial charge in [-0.25, -0.2) is 4.68 Å². The van der Waals surface area contributed by atoms with Gasteiger partial charge in [0.1, 0.15) is 6.54 Å². The molecule has 4 rings (SSSR count). The number of tetrazole rings is 1. The van der Waals surface area contributed by atoms with Gasteiger partial charge in [-0.3, -0.25) is 9.69 Å². The molecule has 1 aliphatic heterocycles. The highest BCUT2D eigenvalue weighted by atomic mass is 16.2. The number of aryl methyl sites for hydroxylation is 1. The number of hydrogen-bond acceptors (Lipinski definition) is 5. The minimum atomic E-state index is -0.0314. The molecule has 1 unspecified atom stereocenters. The van der Waals surface area contributed by atoms with E-state index >= 15 is 0 Å². The maximum absolute atomic E-state index is 12.5. The van der Waals surface area contributed by atoms with E-state index in [1.165, 1.54) is 36.8 Å². The van der Waals surface area contributed by atoms with Gasteiger partial charge in [0, 0.05) is 0 Å². The summed E-state index contributed by atoms with van der Waals surface area (Å²) >= 11 is 0. The summed E-state index contributed by atoms with van der Waals surface area (Å²) in [5.74, 6) is 0.741. The molecule has 0 radical (unpaired) electrons. The molecule has 1 fully saturated rings. The van der Waals surface area contributed by atoms with E-state index in [1.54, 1.807) is 4.68 Å². The van der Waals surface area contributed by atoms with Crippen molar-refractivity contribution in [3.63, 3.8) is 0 Å². The number of carbonyl (C=O) groups excluding carboxylic acids is 1. The van der Waals surface area contributed by atoms with E-state index in [-0.39, 0.29) is 18.5 Å². The number of nitrogens with one attached hydrogen (secondary N) is 1. The molecule has 0 bridgehead atoms. The summed E-state index contributed by atoms with van der Waals surface area (Å²) in [7, 11) is 0. The van der Waals surface area contributed by atoms with E-state index in [4.69, 9.17) is 0 Å². The number of carbonyl (C=O) groups is 1. The normalized spacial score (nSPS) is 20.5. The minimum absolute atomic E-state index is 0.0314. The van der Waals surface area contributed by atoms with E-state index in [2.05, 4.69) is 43.9 Å². The zero-order valence-corrected chi connectivity index (χ0v) is 15.1. The monoisotopic (exact) mass is 354 g/mol. The Morgan fingerprint density at radius 1 is 1.15 bits per heavy atom. The molecule has 7 heteroatoms. The fourth-order valence-corrected chi connectivity index (χ4v) is 4.04. The lowest BCUT2D eigenvalue weighted by atomic mass is 10.1. The number of hydrogen-bond donors (Lipinski definition) is 1. The van der Waals surface area contributed by atoms with Crippen molar-refractivity contribution in [2.45, 2.75) is 57.7 Å². The van der Waals surface area contributed by atoms with Crippen LogP contribution in [0.25, 0.3) is 0 Å². The Morgan fingerprint density at radius 2 is 1.96 bits per heavy atom. The van der Waals surface area contributed by atoms with Crippen molar-refractivity contribution in [2.24, 2.45) is 0 Å². The Kier molecular flexibility index (Phi) is 5.24. The second kappa shape index (κ2) is 7.95. The van der Waals surface area contributed by atoms with Gasteiger partial charge in [-0.1, -0.05) is 37.1 Å². The van der Waals surface area contributed by atoms with Crippen LogP contribution in [-0.2, 0) is 24.3 Å². The van der Waals surface area contributed by atoms with Crippen LogP contribution in [0.3, 0.4) is 0 Å². The van der Waals surface area contributed by atoms with Crippen LogP contribution in [-0.4, -0.2) is 44.1 Å². The summed E-state index contributed by atoms with van der Waals surface area (Å²) < 4.78 is 1.64. The Morgan fingerprint density at radius 3 is 2.81 bits per heavy atom. The van der Waals surface area contributed by atoms with Crippen LogP contribution in [0.5, 0.6) is 0 Å². The Hall–Kier alpha value is -2.28. The minimum Gasteiger partial charge on any atom is -0.348 e. The van der Waals surface area contributed by atoms with Gasteiger partial charge in [-0.05, 0) is 60.3 Å². The smallest absolute Gasteiger partial charge is 0.242 e. The van der Waals surface area contributed by atoms with Gasteiger partial charge in [0.2, 0.25) is 5.91 Å². The summed E-state index contributed by atoms with van der Waals surface area (Å²) in [5.41, 5.74) is 2.57. The van der Waals surface area contributed by atoms with Crippen molar-refractivity contribution >= 4 is 5.91 Å². The molecule has 1 saturated heterocycles. The quantitative estimate of drug-likeness (QED) is 0.887. The van der Waals surface area contributed by atoms with E-state index in [1.807, 2.05) is 6.07 Å². The van der Waals surface area contributed by atoms with Crippen LogP contribution < -0.4 is 5.32 Å². The average Bonchev–Trinajstić information content (AvgIpc) is 3.15. The Balaban J connectivity index is 1.36. The fourth-order valence-electron chi connectivity index (χ4n) is 4.04. The largest absolute Gasteiger partial charge is 0.348 e. The van der Waals surface area contributed by atoms with Gasteiger partial charge >= 0.3 is 0 Å². The van der Waals surface area contributed by atoms with Crippen molar-refractivity contribution in [1.29, 1.82) is 0 Å². The number of aromatic nitrogens is 4. The first kappa shape index (κ1) is 17.1. The first-order chi connectivity index (χ1) is 12.8. The molecule has 2 aromatic rings. The third-order valence-electron chi connectivity index (χ3n) is 5.43. The van der Waals surface area contributed by atoms with Gasteiger partial charge in [0.25, 0.3) is 0 Å². The highest BCUT2D eigenvalue weighted by Gasteiger charge is 2.24. The Labute approximate surface area is 153 Å². The molecule has 26 heavy (non-hydrogen) atoms. The molecule has 1 amide bonds. The molecule has 7 nitrogen and oxygen atoms in total. The Bertz CT molecular complexity index is 750. The van der Waals surface area contributed by atoms with Gasteiger partial charge in [-0.15, -0.1) is 5.10 Å². The summed E-state index contributed by atoms with van der Waals surface area (Å²) in [5, 5.41) is 15.1. The highest BCUT2D eigenvalue weighted by molar-refractivity contribution is 5.76. The number of rotatable bonds is 5. The van der Waals surface area contributed by atoms with E-state index < -0.39 is 0 Å². The number of likely N-dealkylation sites (tertiary alicyclic amines) is 1. The second-order valence-corrected chi connectivity index (χ2v) is 7.30. The number of fused-ring (bicyclic) bond motifs is 1. The third kappa shape index (κ3) is 3.93. The lowest BCUT2D eigenvalue weighted by molar-refractivity contribution is -0.122. The zero-order valence-electron chi connectivity index (χ0n) is 15.1. The van der Waals surface area contributed by atoms with E-state index in [9.17, 15) is 4.79 Å². The summed E-state index contributed by atoms with van der Waals surface area (Å²) in [6.07, 6.45) is 7.03. The van der Waals surface area contributed by atoms with Crippen LogP contribution >= 0.6 is 0 Å². The average molecular weight is 354 g/mol. The summed E-state index contributed by atoms with van der Waals surface area (Å²) in [4.78, 5) is 14.9. The van der Waals surface area contributed by atoms with Crippen molar-refractivity contribution in [3.8, 4) is 0 Å². The molecule has 1 atom stereocenters. The van der Waals surface area contributed by atoms with Gasteiger partial charge in [0.05, 0.1) is 12.6 Å². The molecule has 1 N–H and O–H groups in total. The number of nitrogens with zero attached hydrogens (tertiary/aromatic N) is 5. The molecule has 138 valence electrons. The van der Waals surface area contributed by atoms with Crippen LogP contribution in [0.1, 0.15) is 55.1 Å². The summed E-state index contributed by atoms with van der Waals surface area (Å²) in [6, 6.07) is 8.43. The molecule has 1 aliphatic carbocycles. The SMILES string of the molecule is O=C(Cn1nnnc1CN1CCCCCC1)NC1CCc2ccccc21. The molecule has 0 saturated carbocycles. The maximum atomic E-state index is 12.5. The highest BCUT2D eigenvalue weighted by Crippen LogP contribution is 2.30. The van der Waals surface area contributed by atoms with Crippen LogP contribution in [0.15, 0.2) is 24.3 Å².